The van der Waals surface area contributed by atoms with E-state index in [1.165, 1.54) is 0 Å². The van der Waals surface area contributed by atoms with Crippen LogP contribution in [0, 0.1) is 0 Å². The first kappa shape index (κ1) is 14.8. The molecule has 0 unspecified atom stereocenters. The zero-order valence-corrected chi connectivity index (χ0v) is 11.6. The van der Waals surface area contributed by atoms with E-state index in [1.807, 2.05) is 30.3 Å². The number of ether oxygens (including phenoxy) is 1. The Balaban J connectivity index is 1.65. The van der Waals surface area contributed by atoms with E-state index in [-0.39, 0.29) is 25.4 Å². The maximum Gasteiger partial charge on any atom is 0.407 e. The van der Waals surface area contributed by atoms with Crippen LogP contribution in [-0.2, 0) is 11.3 Å². The lowest BCUT2D eigenvalue weighted by Gasteiger charge is -2.31. The SMILES string of the molecule is O=C(NC1CCN(CCF)CC1)OCc1ccccc1. The first-order chi connectivity index (χ1) is 9.78. The Labute approximate surface area is 118 Å². The Morgan fingerprint density at radius 2 is 2.00 bits per heavy atom. The fraction of sp³-hybridized carbons (Fsp3) is 0.533. The number of hydrogen-bond acceptors (Lipinski definition) is 3. The van der Waals surface area contributed by atoms with E-state index >= 15 is 0 Å². The summed E-state index contributed by atoms with van der Waals surface area (Å²) >= 11 is 0. The molecule has 1 heterocycles. The van der Waals surface area contributed by atoms with Crippen molar-refractivity contribution in [1.29, 1.82) is 0 Å². The highest BCUT2D eigenvalue weighted by molar-refractivity contribution is 5.67. The third-order valence-corrected chi connectivity index (χ3v) is 3.52. The summed E-state index contributed by atoms with van der Waals surface area (Å²) in [6.07, 6.45) is 1.32. The summed E-state index contributed by atoms with van der Waals surface area (Å²) < 4.78 is 17.4. The predicted octanol–water partition coefficient (Wildman–Crippen LogP) is 2.35. The molecule has 1 N–H and O–H groups in total. The van der Waals surface area contributed by atoms with E-state index in [0.29, 0.717) is 6.54 Å². The number of carbonyl (C=O) groups excluding carboxylic acids is 1. The first-order valence-corrected chi connectivity index (χ1v) is 7.03. The van der Waals surface area contributed by atoms with Gasteiger partial charge < -0.3 is 15.0 Å². The number of piperidine rings is 1. The monoisotopic (exact) mass is 280 g/mol. The number of halogens is 1. The minimum absolute atomic E-state index is 0.133. The molecule has 20 heavy (non-hydrogen) atoms. The van der Waals surface area contributed by atoms with E-state index < -0.39 is 0 Å². The van der Waals surface area contributed by atoms with Crippen LogP contribution in [0.15, 0.2) is 30.3 Å². The molecule has 110 valence electrons. The van der Waals surface area contributed by atoms with Crippen molar-refractivity contribution in [1.82, 2.24) is 10.2 Å². The molecule has 1 aromatic rings. The molecule has 0 saturated carbocycles. The summed E-state index contributed by atoms with van der Waals surface area (Å²) in [5.41, 5.74) is 0.973. The summed E-state index contributed by atoms with van der Waals surface area (Å²) in [6.45, 7) is 2.12. The molecule has 0 radical (unpaired) electrons. The van der Waals surface area contributed by atoms with Crippen LogP contribution in [0.4, 0.5) is 9.18 Å². The van der Waals surface area contributed by atoms with Crippen LogP contribution in [0.1, 0.15) is 18.4 Å². The van der Waals surface area contributed by atoms with Crippen molar-refractivity contribution >= 4 is 6.09 Å². The maximum absolute atomic E-state index is 12.2. The van der Waals surface area contributed by atoms with Gasteiger partial charge in [0.15, 0.2) is 0 Å². The van der Waals surface area contributed by atoms with Gasteiger partial charge in [-0.2, -0.15) is 0 Å². The van der Waals surface area contributed by atoms with Gasteiger partial charge in [-0.25, -0.2) is 9.18 Å². The zero-order valence-electron chi connectivity index (χ0n) is 11.6. The first-order valence-electron chi connectivity index (χ1n) is 7.03. The third-order valence-electron chi connectivity index (χ3n) is 3.52. The van der Waals surface area contributed by atoms with Gasteiger partial charge >= 0.3 is 6.09 Å². The predicted molar refractivity (Wildman–Crippen MR) is 75.2 cm³/mol. The number of nitrogens with one attached hydrogen (secondary N) is 1. The second kappa shape index (κ2) is 7.85. The van der Waals surface area contributed by atoms with Gasteiger partial charge in [-0.05, 0) is 18.4 Å². The van der Waals surface area contributed by atoms with Crippen LogP contribution < -0.4 is 5.32 Å². The van der Waals surface area contributed by atoms with Gasteiger partial charge in [0.05, 0.1) is 0 Å². The Bertz CT molecular complexity index is 406. The molecule has 0 aliphatic carbocycles. The van der Waals surface area contributed by atoms with Gasteiger partial charge in [-0.15, -0.1) is 0 Å². The molecule has 1 aliphatic heterocycles. The molecule has 1 fully saturated rings. The molecule has 5 heteroatoms. The highest BCUT2D eigenvalue weighted by Gasteiger charge is 2.20. The van der Waals surface area contributed by atoms with Gasteiger partial charge in [-0.3, -0.25) is 0 Å². The van der Waals surface area contributed by atoms with Crippen LogP contribution in [0.5, 0.6) is 0 Å². The molecule has 1 amide bonds. The summed E-state index contributed by atoms with van der Waals surface area (Å²) in [6, 6.07) is 9.73. The minimum atomic E-state index is -0.377. The number of hydrogen-bond donors (Lipinski definition) is 1. The van der Waals surface area contributed by atoms with Crippen molar-refractivity contribution in [3.05, 3.63) is 35.9 Å². The molecule has 0 atom stereocenters. The lowest BCUT2D eigenvalue weighted by molar-refractivity contribution is 0.125. The number of carbonyl (C=O) groups is 1. The minimum Gasteiger partial charge on any atom is -0.445 e. The molecular weight excluding hydrogens is 259 g/mol. The van der Waals surface area contributed by atoms with Crippen LogP contribution in [0.3, 0.4) is 0 Å². The van der Waals surface area contributed by atoms with Crippen molar-refractivity contribution in [2.75, 3.05) is 26.3 Å². The van der Waals surface area contributed by atoms with E-state index in [1.54, 1.807) is 0 Å². The number of rotatable bonds is 5. The van der Waals surface area contributed by atoms with Gasteiger partial charge in [-0.1, -0.05) is 30.3 Å². The lowest BCUT2D eigenvalue weighted by Crippen LogP contribution is -2.45. The summed E-state index contributed by atoms with van der Waals surface area (Å²) in [5.74, 6) is 0. The average Bonchev–Trinajstić information content (AvgIpc) is 2.49. The number of nitrogens with zero attached hydrogens (tertiary/aromatic N) is 1. The fourth-order valence-corrected chi connectivity index (χ4v) is 2.35. The number of benzene rings is 1. The molecule has 1 saturated heterocycles. The van der Waals surface area contributed by atoms with Crippen molar-refractivity contribution in [3.8, 4) is 0 Å². The van der Waals surface area contributed by atoms with Crippen LogP contribution in [0.2, 0.25) is 0 Å². The number of alkyl halides is 1. The standard InChI is InChI=1S/C15H21FN2O2/c16-8-11-18-9-6-14(7-10-18)17-15(19)20-12-13-4-2-1-3-5-13/h1-5,14H,6-12H2,(H,17,19). The quantitative estimate of drug-likeness (QED) is 0.900. The van der Waals surface area contributed by atoms with Crippen molar-refractivity contribution < 1.29 is 13.9 Å². The van der Waals surface area contributed by atoms with Gasteiger partial charge in [0.2, 0.25) is 0 Å². The average molecular weight is 280 g/mol. The summed E-state index contributed by atoms with van der Waals surface area (Å²) in [7, 11) is 0. The molecule has 1 aliphatic rings. The largest absolute Gasteiger partial charge is 0.445 e. The van der Waals surface area contributed by atoms with Crippen LogP contribution in [0.25, 0.3) is 0 Å². The van der Waals surface area contributed by atoms with Crippen molar-refractivity contribution in [2.45, 2.75) is 25.5 Å². The summed E-state index contributed by atoms with van der Waals surface area (Å²) in [4.78, 5) is 13.8. The Kier molecular flexibility index (Phi) is 5.80. The third kappa shape index (κ3) is 4.81. The maximum atomic E-state index is 12.2. The van der Waals surface area contributed by atoms with E-state index in [9.17, 15) is 9.18 Å². The molecular formula is C15H21FN2O2. The molecule has 0 spiro atoms. The fourth-order valence-electron chi connectivity index (χ4n) is 2.35. The Morgan fingerprint density at radius 3 is 2.65 bits per heavy atom. The molecule has 2 rings (SSSR count). The number of amides is 1. The molecule has 0 bridgehead atoms. The topological polar surface area (TPSA) is 41.6 Å². The van der Waals surface area contributed by atoms with E-state index in [0.717, 1.165) is 31.5 Å². The Hall–Kier alpha value is -1.62. The zero-order chi connectivity index (χ0) is 14.2. The normalized spacial score (nSPS) is 16.9. The van der Waals surface area contributed by atoms with Gasteiger partial charge in [0, 0.05) is 25.7 Å². The van der Waals surface area contributed by atoms with Crippen LogP contribution in [-0.4, -0.2) is 43.3 Å². The van der Waals surface area contributed by atoms with E-state index in [2.05, 4.69) is 10.2 Å². The van der Waals surface area contributed by atoms with Gasteiger partial charge in [0.25, 0.3) is 0 Å². The highest BCUT2D eigenvalue weighted by Crippen LogP contribution is 2.10. The number of likely N-dealkylation sites (tertiary alicyclic amines) is 1. The molecule has 0 aromatic heterocycles. The lowest BCUT2D eigenvalue weighted by atomic mass is 10.1. The smallest absolute Gasteiger partial charge is 0.407 e. The number of alkyl carbamates (subject to hydrolysis) is 1. The summed E-state index contributed by atoms with van der Waals surface area (Å²) in [5, 5.41) is 2.87. The van der Waals surface area contributed by atoms with Crippen LogP contribution >= 0.6 is 0 Å². The van der Waals surface area contributed by atoms with Crippen molar-refractivity contribution in [3.63, 3.8) is 0 Å². The second-order valence-electron chi connectivity index (χ2n) is 5.01. The van der Waals surface area contributed by atoms with Gasteiger partial charge in [0.1, 0.15) is 13.3 Å². The highest BCUT2D eigenvalue weighted by atomic mass is 19.1. The molecule has 1 aromatic carbocycles. The Morgan fingerprint density at radius 1 is 1.30 bits per heavy atom. The second-order valence-corrected chi connectivity index (χ2v) is 5.01. The van der Waals surface area contributed by atoms with Crippen molar-refractivity contribution in [2.24, 2.45) is 0 Å². The molecule has 4 nitrogen and oxygen atoms in total. The van der Waals surface area contributed by atoms with E-state index in [4.69, 9.17) is 4.74 Å².